The molecule has 0 aromatic heterocycles. The zero-order valence-electron chi connectivity index (χ0n) is 13.8. The molecule has 130 valence electrons. The maximum Gasteiger partial charge on any atom is 0.253 e. The van der Waals surface area contributed by atoms with E-state index in [1.54, 1.807) is 24.0 Å². The fourth-order valence-corrected chi connectivity index (χ4v) is 3.59. The Labute approximate surface area is 144 Å². The number of carbonyl (C=O) groups is 1. The average molecular weight is 361 g/mol. The van der Waals surface area contributed by atoms with Gasteiger partial charge in [0.1, 0.15) is 0 Å². The number of amides is 1. The summed E-state index contributed by atoms with van der Waals surface area (Å²) >= 11 is 0. The van der Waals surface area contributed by atoms with Crippen molar-refractivity contribution < 1.29 is 13.2 Å². The molecular weight excluding hydrogens is 336 g/mol. The highest BCUT2D eigenvalue weighted by molar-refractivity contribution is 7.91. The molecular formula is C16H25ClN2O3S. The van der Waals surface area contributed by atoms with Gasteiger partial charge in [0.2, 0.25) is 0 Å². The SMILES string of the molecule is CCS(=O)(=O)c1ccc(C(=O)N2CCC(N)C(C)(C)C2)cc1.Cl. The van der Waals surface area contributed by atoms with Crippen molar-refractivity contribution in [3.05, 3.63) is 29.8 Å². The number of sulfone groups is 1. The Balaban J connectivity index is 0.00000264. The molecule has 7 heteroatoms. The lowest BCUT2D eigenvalue weighted by atomic mass is 9.79. The first-order valence-corrected chi connectivity index (χ1v) is 9.20. The largest absolute Gasteiger partial charge is 0.338 e. The van der Waals surface area contributed by atoms with E-state index in [0.717, 1.165) is 6.42 Å². The van der Waals surface area contributed by atoms with E-state index in [1.807, 2.05) is 0 Å². The molecule has 2 N–H and O–H groups in total. The Kier molecular flexibility index (Phi) is 6.24. The third-order valence-corrected chi connectivity index (χ3v) is 6.19. The van der Waals surface area contributed by atoms with Crippen LogP contribution in [-0.2, 0) is 9.84 Å². The zero-order chi connectivity index (χ0) is 16.5. The van der Waals surface area contributed by atoms with E-state index in [-0.39, 0.29) is 40.4 Å². The van der Waals surface area contributed by atoms with E-state index in [4.69, 9.17) is 5.73 Å². The Morgan fingerprint density at radius 3 is 2.35 bits per heavy atom. The molecule has 1 aromatic rings. The van der Waals surface area contributed by atoms with E-state index in [9.17, 15) is 13.2 Å². The minimum Gasteiger partial charge on any atom is -0.338 e. The molecule has 23 heavy (non-hydrogen) atoms. The molecule has 0 spiro atoms. The monoisotopic (exact) mass is 360 g/mol. The summed E-state index contributed by atoms with van der Waals surface area (Å²) in [6, 6.07) is 6.28. The van der Waals surface area contributed by atoms with Crippen molar-refractivity contribution in [3.63, 3.8) is 0 Å². The summed E-state index contributed by atoms with van der Waals surface area (Å²) < 4.78 is 23.6. The molecule has 1 heterocycles. The molecule has 1 saturated heterocycles. The predicted octanol–water partition coefficient (Wildman–Crippen LogP) is 2.10. The Hall–Kier alpha value is -1.11. The summed E-state index contributed by atoms with van der Waals surface area (Å²) in [5.74, 6) is -0.0150. The average Bonchev–Trinajstić information content (AvgIpc) is 2.49. The van der Waals surface area contributed by atoms with Crippen LogP contribution in [0.2, 0.25) is 0 Å². The summed E-state index contributed by atoms with van der Waals surface area (Å²) in [7, 11) is -3.23. The molecule has 0 bridgehead atoms. The lowest BCUT2D eigenvalue weighted by molar-refractivity contribution is 0.0533. The minimum absolute atomic E-state index is 0. The maximum atomic E-state index is 12.6. The van der Waals surface area contributed by atoms with Crippen LogP contribution < -0.4 is 5.73 Å². The highest BCUT2D eigenvalue weighted by Gasteiger charge is 2.35. The van der Waals surface area contributed by atoms with Crippen molar-refractivity contribution in [1.82, 2.24) is 4.90 Å². The van der Waals surface area contributed by atoms with Gasteiger partial charge in [-0.1, -0.05) is 20.8 Å². The topological polar surface area (TPSA) is 80.5 Å². The number of benzene rings is 1. The summed E-state index contributed by atoms with van der Waals surface area (Å²) in [5.41, 5.74) is 6.50. The van der Waals surface area contributed by atoms with Crippen molar-refractivity contribution in [1.29, 1.82) is 0 Å². The highest BCUT2D eigenvalue weighted by Crippen LogP contribution is 2.28. The molecule has 1 aliphatic heterocycles. The van der Waals surface area contributed by atoms with E-state index < -0.39 is 9.84 Å². The first-order chi connectivity index (χ1) is 10.2. The number of halogens is 1. The molecule has 2 rings (SSSR count). The van der Waals surface area contributed by atoms with Crippen LogP contribution in [0, 0.1) is 5.41 Å². The fraction of sp³-hybridized carbons (Fsp3) is 0.562. The van der Waals surface area contributed by atoms with Crippen molar-refractivity contribution in [3.8, 4) is 0 Å². The number of hydrogen-bond donors (Lipinski definition) is 1. The molecule has 1 aromatic carbocycles. The van der Waals surface area contributed by atoms with Crippen molar-refractivity contribution in [2.24, 2.45) is 11.1 Å². The number of likely N-dealkylation sites (tertiary alicyclic amines) is 1. The molecule has 1 atom stereocenters. The summed E-state index contributed by atoms with van der Waals surface area (Å²) in [6.07, 6.45) is 0.779. The smallest absolute Gasteiger partial charge is 0.253 e. The second-order valence-corrected chi connectivity index (χ2v) is 8.82. The Morgan fingerprint density at radius 2 is 1.87 bits per heavy atom. The molecule has 0 saturated carbocycles. The third kappa shape index (κ3) is 4.25. The summed E-state index contributed by atoms with van der Waals surface area (Å²) in [5, 5.41) is 0. The zero-order valence-corrected chi connectivity index (χ0v) is 15.4. The lowest BCUT2D eigenvalue weighted by Gasteiger charge is -2.42. The van der Waals surface area contributed by atoms with Gasteiger partial charge >= 0.3 is 0 Å². The predicted molar refractivity (Wildman–Crippen MR) is 93.7 cm³/mol. The minimum atomic E-state index is -3.23. The van der Waals surface area contributed by atoms with Crippen LogP contribution >= 0.6 is 12.4 Å². The van der Waals surface area contributed by atoms with Crippen molar-refractivity contribution in [2.45, 2.75) is 38.1 Å². The number of piperidine rings is 1. The molecule has 1 aliphatic rings. The van der Waals surface area contributed by atoms with Gasteiger partial charge in [-0.25, -0.2) is 8.42 Å². The van der Waals surface area contributed by atoms with Crippen LogP contribution in [0.1, 0.15) is 37.6 Å². The van der Waals surface area contributed by atoms with Gasteiger partial charge in [-0.05, 0) is 36.1 Å². The Morgan fingerprint density at radius 1 is 1.30 bits per heavy atom. The van der Waals surface area contributed by atoms with Crippen molar-refractivity contribution >= 4 is 28.2 Å². The van der Waals surface area contributed by atoms with Crippen LogP contribution in [0.5, 0.6) is 0 Å². The van der Waals surface area contributed by atoms with Gasteiger partial charge in [0.15, 0.2) is 9.84 Å². The van der Waals surface area contributed by atoms with Gasteiger partial charge in [0.25, 0.3) is 5.91 Å². The molecule has 1 unspecified atom stereocenters. The van der Waals surface area contributed by atoms with Crippen LogP contribution in [0.15, 0.2) is 29.2 Å². The van der Waals surface area contributed by atoms with Crippen LogP contribution in [0.4, 0.5) is 0 Å². The molecule has 0 radical (unpaired) electrons. The van der Waals surface area contributed by atoms with Crippen LogP contribution in [-0.4, -0.2) is 44.1 Å². The number of carbonyl (C=O) groups excluding carboxylic acids is 1. The van der Waals surface area contributed by atoms with Crippen LogP contribution in [0.3, 0.4) is 0 Å². The molecule has 5 nitrogen and oxygen atoms in total. The van der Waals surface area contributed by atoms with Gasteiger partial charge in [-0.3, -0.25) is 4.79 Å². The van der Waals surface area contributed by atoms with Gasteiger partial charge in [0, 0.05) is 24.7 Å². The number of hydrogen-bond acceptors (Lipinski definition) is 4. The second-order valence-electron chi connectivity index (χ2n) is 6.54. The third-order valence-electron chi connectivity index (χ3n) is 4.44. The fourth-order valence-electron chi connectivity index (χ4n) is 2.70. The molecule has 1 amide bonds. The Bertz CT molecular complexity index is 656. The number of nitrogens with two attached hydrogens (primary N) is 1. The van der Waals surface area contributed by atoms with E-state index >= 15 is 0 Å². The van der Waals surface area contributed by atoms with Gasteiger partial charge in [-0.2, -0.15) is 0 Å². The number of rotatable bonds is 3. The summed E-state index contributed by atoms with van der Waals surface area (Å²) in [6.45, 7) is 6.98. The molecule has 1 fully saturated rings. The molecule has 0 aliphatic carbocycles. The van der Waals surface area contributed by atoms with Gasteiger partial charge in [-0.15, -0.1) is 12.4 Å². The van der Waals surface area contributed by atoms with E-state index in [1.165, 1.54) is 12.1 Å². The first kappa shape index (κ1) is 19.9. The van der Waals surface area contributed by atoms with Gasteiger partial charge in [0.05, 0.1) is 10.6 Å². The number of nitrogens with zero attached hydrogens (tertiary/aromatic N) is 1. The first-order valence-electron chi connectivity index (χ1n) is 7.55. The highest BCUT2D eigenvalue weighted by atomic mass is 35.5. The maximum absolute atomic E-state index is 12.6. The quantitative estimate of drug-likeness (QED) is 0.895. The van der Waals surface area contributed by atoms with E-state index in [2.05, 4.69) is 13.8 Å². The standard InChI is InChI=1S/C16H24N2O3S.ClH/c1-4-22(20,21)13-7-5-12(6-8-13)15(19)18-10-9-14(17)16(2,3)11-18;/h5-8,14H,4,9-11,17H2,1-3H3;1H. The van der Waals surface area contributed by atoms with Crippen molar-refractivity contribution in [2.75, 3.05) is 18.8 Å². The second kappa shape index (κ2) is 7.20. The van der Waals surface area contributed by atoms with E-state index in [0.29, 0.717) is 18.7 Å². The normalized spacial score (nSPS) is 20.7. The lowest BCUT2D eigenvalue weighted by Crippen LogP contribution is -2.53. The van der Waals surface area contributed by atoms with Crippen LogP contribution in [0.25, 0.3) is 0 Å². The van der Waals surface area contributed by atoms with Gasteiger partial charge < -0.3 is 10.6 Å². The summed E-state index contributed by atoms with van der Waals surface area (Å²) in [4.78, 5) is 14.6.